The second-order valence-corrected chi connectivity index (χ2v) is 8.02. The van der Waals surface area contributed by atoms with Gasteiger partial charge in [-0.1, -0.05) is 24.3 Å². The molecule has 0 saturated carbocycles. The van der Waals surface area contributed by atoms with E-state index in [-0.39, 0.29) is 24.0 Å². The molecule has 31 heavy (non-hydrogen) atoms. The van der Waals surface area contributed by atoms with Gasteiger partial charge in [0.2, 0.25) is 5.91 Å². The molecule has 2 fully saturated rings. The third kappa shape index (κ3) is 5.61. The summed E-state index contributed by atoms with van der Waals surface area (Å²) in [6, 6.07) is 3.30. The van der Waals surface area contributed by atoms with Gasteiger partial charge in [-0.2, -0.15) is 0 Å². The average Bonchev–Trinajstić information content (AvgIpc) is 3.01. The standard InChI is InChI=1S/C21H23ClN2O6S/c1-3-7-30-19-15(22)10-14(11-16(19)29-4-2)12-17-20(26)24(21(27)31-17)13-18(25)23-5-8-28-9-6-23/h3,10-12H,1,4-9,13H2,2H3/b17-12+. The van der Waals surface area contributed by atoms with Crippen molar-refractivity contribution in [2.45, 2.75) is 6.92 Å². The highest BCUT2D eigenvalue weighted by molar-refractivity contribution is 8.18. The maximum Gasteiger partial charge on any atom is 0.294 e. The first-order chi connectivity index (χ1) is 14.9. The number of ether oxygens (including phenoxy) is 3. The van der Waals surface area contributed by atoms with Gasteiger partial charge in [-0.15, -0.1) is 0 Å². The minimum absolute atomic E-state index is 0.207. The lowest BCUT2D eigenvalue weighted by molar-refractivity contribution is -0.139. The number of hydrogen-bond acceptors (Lipinski definition) is 7. The predicted octanol–water partition coefficient (Wildman–Crippen LogP) is 3.20. The van der Waals surface area contributed by atoms with Crippen molar-refractivity contribution in [3.8, 4) is 11.5 Å². The Kier molecular flexibility index (Phi) is 8.00. The summed E-state index contributed by atoms with van der Waals surface area (Å²) in [6.45, 7) is 7.59. The summed E-state index contributed by atoms with van der Waals surface area (Å²) in [5.41, 5.74) is 0.574. The van der Waals surface area contributed by atoms with E-state index >= 15 is 0 Å². The van der Waals surface area contributed by atoms with Gasteiger partial charge in [-0.3, -0.25) is 19.3 Å². The smallest absolute Gasteiger partial charge is 0.294 e. The molecule has 1 aromatic rings. The normalized spacial score (nSPS) is 17.9. The van der Waals surface area contributed by atoms with E-state index in [1.807, 2.05) is 6.92 Å². The first-order valence-corrected chi connectivity index (χ1v) is 10.9. The van der Waals surface area contributed by atoms with Gasteiger partial charge in [0.1, 0.15) is 13.2 Å². The van der Waals surface area contributed by atoms with E-state index in [4.69, 9.17) is 25.8 Å². The molecule has 10 heteroatoms. The van der Waals surface area contributed by atoms with E-state index in [0.717, 1.165) is 16.7 Å². The van der Waals surface area contributed by atoms with Crippen LogP contribution in [0.4, 0.5) is 4.79 Å². The van der Waals surface area contributed by atoms with Crippen molar-refractivity contribution in [1.29, 1.82) is 0 Å². The molecule has 0 aliphatic carbocycles. The Balaban J connectivity index is 1.78. The maximum absolute atomic E-state index is 12.8. The van der Waals surface area contributed by atoms with Gasteiger partial charge >= 0.3 is 0 Å². The van der Waals surface area contributed by atoms with Crippen LogP contribution in [0.1, 0.15) is 12.5 Å². The molecular weight excluding hydrogens is 444 g/mol. The molecule has 1 aromatic carbocycles. The average molecular weight is 467 g/mol. The first kappa shape index (κ1) is 23.2. The largest absolute Gasteiger partial charge is 0.490 e. The zero-order valence-corrected chi connectivity index (χ0v) is 18.7. The number of morpholine rings is 1. The monoisotopic (exact) mass is 466 g/mol. The predicted molar refractivity (Wildman–Crippen MR) is 118 cm³/mol. The molecule has 2 aliphatic heterocycles. The lowest BCUT2D eigenvalue weighted by Crippen LogP contribution is -2.46. The van der Waals surface area contributed by atoms with E-state index in [1.54, 1.807) is 29.2 Å². The van der Waals surface area contributed by atoms with Crippen molar-refractivity contribution in [2.75, 3.05) is 46.1 Å². The fourth-order valence-electron chi connectivity index (χ4n) is 3.05. The summed E-state index contributed by atoms with van der Waals surface area (Å²) in [7, 11) is 0. The van der Waals surface area contributed by atoms with Gasteiger partial charge in [0.15, 0.2) is 11.5 Å². The van der Waals surface area contributed by atoms with Crippen LogP contribution in [0.15, 0.2) is 29.7 Å². The topological polar surface area (TPSA) is 85.4 Å². The van der Waals surface area contributed by atoms with Gasteiger partial charge in [-0.25, -0.2) is 0 Å². The van der Waals surface area contributed by atoms with Crippen LogP contribution >= 0.6 is 23.4 Å². The molecule has 0 atom stereocenters. The third-order valence-electron chi connectivity index (χ3n) is 4.51. The van der Waals surface area contributed by atoms with Crippen molar-refractivity contribution < 1.29 is 28.6 Å². The van der Waals surface area contributed by atoms with Crippen LogP contribution in [0.2, 0.25) is 5.02 Å². The second kappa shape index (κ2) is 10.7. The molecule has 0 unspecified atom stereocenters. The molecule has 2 heterocycles. The first-order valence-electron chi connectivity index (χ1n) is 9.75. The van der Waals surface area contributed by atoms with Crippen LogP contribution in [-0.4, -0.2) is 72.9 Å². The zero-order chi connectivity index (χ0) is 22.4. The Labute approximate surface area is 189 Å². The van der Waals surface area contributed by atoms with Gasteiger partial charge in [0, 0.05) is 13.1 Å². The van der Waals surface area contributed by atoms with Crippen molar-refractivity contribution in [2.24, 2.45) is 0 Å². The number of rotatable bonds is 8. The van der Waals surface area contributed by atoms with Crippen molar-refractivity contribution in [3.05, 3.63) is 40.3 Å². The summed E-state index contributed by atoms with van der Waals surface area (Å²) in [5, 5.41) is -0.180. The number of thioether (sulfide) groups is 1. The molecule has 3 amide bonds. The summed E-state index contributed by atoms with van der Waals surface area (Å²) < 4.78 is 16.4. The molecule has 0 bridgehead atoms. The van der Waals surface area contributed by atoms with Crippen LogP contribution in [0.3, 0.4) is 0 Å². The zero-order valence-electron chi connectivity index (χ0n) is 17.1. The molecule has 2 saturated heterocycles. The SMILES string of the molecule is C=CCOc1c(Cl)cc(/C=C2/SC(=O)N(CC(=O)N3CCOCC3)C2=O)cc1OCC. The van der Waals surface area contributed by atoms with E-state index < -0.39 is 11.1 Å². The molecule has 3 rings (SSSR count). The number of nitrogens with zero attached hydrogens (tertiary/aromatic N) is 2. The van der Waals surface area contributed by atoms with Gasteiger partial charge < -0.3 is 19.1 Å². The molecule has 8 nitrogen and oxygen atoms in total. The fourth-order valence-corrected chi connectivity index (χ4v) is 4.16. The van der Waals surface area contributed by atoms with E-state index in [1.165, 1.54) is 0 Å². The van der Waals surface area contributed by atoms with Crippen LogP contribution < -0.4 is 9.47 Å². The Hall–Kier alpha value is -2.49. The highest BCUT2D eigenvalue weighted by Crippen LogP contribution is 2.39. The number of hydrogen-bond donors (Lipinski definition) is 0. The number of halogens is 1. The molecule has 0 radical (unpaired) electrons. The lowest BCUT2D eigenvalue weighted by Gasteiger charge is -2.28. The van der Waals surface area contributed by atoms with Crippen LogP contribution in [0.25, 0.3) is 6.08 Å². The Morgan fingerprint density at radius 2 is 2.03 bits per heavy atom. The van der Waals surface area contributed by atoms with Crippen molar-refractivity contribution in [3.63, 3.8) is 0 Å². The molecule has 166 valence electrons. The summed E-state index contributed by atoms with van der Waals surface area (Å²) >= 11 is 7.13. The Morgan fingerprint density at radius 1 is 1.29 bits per heavy atom. The van der Waals surface area contributed by atoms with E-state index in [2.05, 4.69) is 6.58 Å². The molecule has 0 aromatic heterocycles. The minimum Gasteiger partial charge on any atom is -0.490 e. The van der Waals surface area contributed by atoms with Crippen molar-refractivity contribution >= 4 is 46.5 Å². The van der Waals surface area contributed by atoms with Gasteiger partial charge in [-0.05, 0) is 42.5 Å². The lowest BCUT2D eigenvalue weighted by atomic mass is 10.1. The van der Waals surface area contributed by atoms with E-state index in [9.17, 15) is 14.4 Å². The molecule has 0 N–H and O–H groups in total. The van der Waals surface area contributed by atoms with Crippen LogP contribution in [0, 0.1) is 0 Å². The highest BCUT2D eigenvalue weighted by atomic mass is 35.5. The summed E-state index contributed by atoms with van der Waals surface area (Å²) in [5.74, 6) is 0.00419. The number of carbonyl (C=O) groups is 3. The Bertz CT molecular complexity index is 913. The maximum atomic E-state index is 12.8. The summed E-state index contributed by atoms with van der Waals surface area (Å²) in [4.78, 5) is 40.3. The third-order valence-corrected chi connectivity index (χ3v) is 5.69. The Morgan fingerprint density at radius 3 is 2.71 bits per heavy atom. The van der Waals surface area contributed by atoms with Crippen LogP contribution in [0.5, 0.6) is 11.5 Å². The molecule has 2 aliphatic rings. The van der Waals surface area contributed by atoms with E-state index in [0.29, 0.717) is 55.0 Å². The highest BCUT2D eigenvalue weighted by Gasteiger charge is 2.37. The number of benzene rings is 1. The fraction of sp³-hybridized carbons (Fsp3) is 0.381. The summed E-state index contributed by atoms with van der Waals surface area (Å²) in [6.07, 6.45) is 3.14. The van der Waals surface area contributed by atoms with Gasteiger partial charge in [0.25, 0.3) is 11.1 Å². The molecule has 0 spiro atoms. The number of imide groups is 1. The van der Waals surface area contributed by atoms with Gasteiger partial charge in [0.05, 0.1) is 29.7 Å². The van der Waals surface area contributed by atoms with Crippen LogP contribution in [-0.2, 0) is 14.3 Å². The number of carbonyl (C=O) groups excluding carboxylic acids is 3. The minimum atomic E-state index is -0.516. The van der Waals surface area contributed by atoms with Crippen molar-refractivity contribution in [1.82, 2.24) is 9.80 Å². The number of amides is 3. The quantitative estimate of drug-likeness (QED) is 0.429. The molecular formula is C21H23ClN2O6S. The second-order valence-electron chi connectivity index (χ2n) is 6.62.